The zero-order valence-corrected chi connectivity index (χ0v) is 13.6. The summed E-state index contributed by atoms with van der Waals surface area (Å²) in [7, 11) is 3.09. The summed E-state index contributed by atoms with van der Waals surface area (Å²) in [5.74, 6) is 0.802. The van der Waals surface area contributed by atoms with E-state index in [1.165, 1.54) is 11.3 Å². The SMILES string of the molecule is COc1cc(OC)cc(N2C(=O)C[C@H](N3CCCCC3)C2=O)c1. The Morgan fingerprint density at radius 2 is 1.57 bits per heavy atom. The fourth-order valence-electron chi connectivity index (χ4n) is 3.32. The lowest BCUT2D eigenvalue weighted by atomic mass is 10.1. The number of amides is 2. The first-order valence-corrected chi connectivity index (χ1v) is 7.98. The molecule has 2 heterocycles. The Balaban J connectivity index is 1.87. The number of methoxy groups -OCH3 is 2. The van der Waals surface area contributed by atoms with E-state index in [-0.39, 0.29) is 24.3 Å². The Hall–Kier alpha value is -2.08. The molecule has 3 rings (SSSR count). The zero-order chi connectivity index (χ0) is 16.4. The van der Waals surface area contributed by atoms with Crippen LogP contribution in [0.15, 0.2) is 18.2 Å². The van der Waals surface area contributed by atoms with Gasteiger partial charge in [0.2, 0.25) is 5.91 Å². The minimum absolute atomic E-state index is 0.146. The molecule has 0 aromatic heterocycles. The molecule has 0 aliphatic carbocycles. The molecule has 2 aliphatic rings. The van der Waals surface area contributed by atoms with Gasteiger partial charge in [-0.25, -0.2) is 4.90 Å². The summed E-state index contributed by atoms with van der Waals surface area (Å²) in [6.07, 6.45) is 3.62. The average Bonchev–Trinajstić information content (AvgIpc) is 2.89. The lowest BCUT2D eigenvalue weighted by molar-refractivity contribution is -0.123. The van der Waals surface area contributed by atoms with Crippen LogP contribution in [0.1, 0.15) is 25.7 Å². The number of imide groups is 1. The highest BCUT2D eigenvalue weighted by molar-refractivity contribution is 6.22. The fourth-order valence-corrected chi connectivity index (χ4v) is 3.32. The Morgan fingerprint density at radius 3 is 2.13 bits per heavy atom. The van der Waals surface area contributed by atoms with Crippen LogP contribution in [0, 0.1) is 0 Å². The van der Waals surface area contributed by atoms with Crippen molar-refractivity contribution >= 4 is 17.5 Å². The number of piperidine rings is 1. The Morgan fingerprint density at radius 1 is 0.957 bits per heavy atom. The third-order valence-corrected chi connectivity index (χ3v) is 4.55. The molecule has 0 saturated carbocycles. The predicted molar refractivity (Wildman–Crippen MR) is 85.9 cm³/mol. The molecule has 2 saturated heterocycles. The van der Waals surface area contributed by atoms with Gasteiger partial charge in [0.25, 0.3) is 5.91 Å². The van der Waals surface area contributed by atoms with Crippen LogP contribution in [-0.4, -0.2) is 50.1 Å². The average molecular weight is 318 g/mol. The van der Waals surface area contributed by atoms with E-state index in [1.807, 2.05) is 0 Å². The van der Waals surface area contributed by atoms with Gasteiger partial charge in [-0.1, -0.05) is 6.42 Å². The third kappa shape index (κ3) is 3.03. The second-order valence-electron chi connectivity index (χ2n) is 5.95. The van der Waals surface area contributed by atoms with Gasteiger partial charge in [-0.05, 0) is 25.9 Å². The van der Waals surface area contributed by atoms with Gasteiger partial charge < -0.3 is 9.47 Å². The molecule has 6 nitrogen and oxygen atoms in total. The highest BCUT2D eigenvalue weighted by Crippen LogP contribution is 2.33. The first-order valence-electron chi connectivity index (χ1n) is 7.98. The molecule has 1 atom stereocenters. The molecule has 1 aromatic rings. The van der Waals surface area contributed by atoms with Crippen molar-refractivity contribution in [2.75, 3.05) is 32.2 Å². The summed E-state index contributed by atoms with van der Waals surface area (Å²) in [5.41, 5.74) is 0.510. The summed E-state index contributed by atoms with van der Waals surface area (Å²) in [6, 6.07) is 4.77. The Kier molecular flexibility index (Phi) is 4.52. The molecule has 2 fully saturated rings. The Labute approximate surface area is 136 Å². The number of rotatable bonds is 4. The van der Waals surface area contributed by atoms with Crippen LogP contribution in [0.3, 0.4) is 0 Å². The molecule has 0 unspecified atom stereocenters. The number of benzene rings is 1. The number of likely N-dealkylation sites (tertiary alicyclic amines) is 1. The minimum Gasteiger partial charge on any atom is -0.497 e. The highest BCUT2D eigenvalue weighted by Gasteiger charge is 2.43. The van der Waals surface area contributed by atoms with Crippen LogP contribution in [0.2, 0.25) is 0 Å². The molecule has 0 radical (unpaired) electrons. The monoisotopic (exact) mass is 318 g/mol. The Bertz CT molecular complexity index is 588. The third-order valence-electron chi connectivity index (χ3n) is 4.55. The van der Waals surface area contributed by atoms with Gasteiger partial charge in [0, 0.05) is 18.2 Å². The molecule has 1 aromatic carbocycles. The highest BCUT2D eigenvalue weighted by atomic mass is 16.5. The van der Waals surface area contributed by atoms with Crippen molar-refractivity contribution in [2.45, 2.75) is 31.7 Å². The molecule has 124 valence electrons. The maximum Gasteiger partial charge on any atom is 0.251 e. The molecular formula is C17H22N2O4. The van der Waals surface area contributed by atoms with Gasteiger partial charge in [0.15, 0.2) is 0 Å². The van der Waals surface area contributed by atoms with E-state index in [1.54, 1.807) is 32.4 Å². The van der Waals surface area contributed by atoms with Crippen LogP contribution >= 0.6 is 0 Å². The molecule has 0 spiro atoms. The van der Waals surface area contributed by atoms with Gasteiger partial charge in [-0.3, -0.25) is 14.5 Å². The summed E-state index contributed by atoms with van der Waals surface area (Å²) < 4.78 is 10.5. The standard InChI is InChI=1S/C17H22N2O4/c1-22-13-8-12(9-14(10-13)23-2)19-16(20)11-15(17(19)21)18-6-4-3-5-7-18/h8-10,15H,3-7,11H2,1-2H3/t15-/m0/s1. The van der Waals surface area contributed by atoms with Crippen molar-refractivity contribution in [3.63, 3.8) is 0 Å². The lowest BCUT2D eigenvalue weighted by Gasteiger charge is -2.30. The molecule has 2 amide bonds. The number of hydrogen-bond acceptors (Lipinski definition) is 5. The van der Waals surface area contributed by atoms with Gasteiger partial charge in [0.05, 0.1) is 32.4 Å². The smallest absolute Gasteiger partial charge is 0.251 e. The molecule has 0 N–H and O–H groups in total. The van der Waals surface area contributed by atoms with Gasteiger partial charge in [0.1, 0.15) is 11.5 Å². The van der Waals surface area contributed by atoms with Crippen LogP contribution in [-0.2, 0) is 9.59 Å². The maximum atomic E-state index is 12.8. The van der Waals surface area contributed by atoms with Crippen molar-refractivity contribution in [1.82, 2.24) is 4.90 Å². The summed E-state index contributed by atoms with van der Waals surface area (Å²) in [5, 5.41) is 0. The van der Waals surface area contributed by atoms with E-state index >= 15 is 0 Å². The summed E-state index contributed by atoms with van der Waals surface area (Å²) in [6.45, 7) is 1.78. The van der Waals surface area contributed by atoms with Crippen LogP contribution < -0.4 is 14.4 Å². The zero-order valence-electron chi connectivity index (χ0n) is 13.6. The van der Waals surface area contributed by atoms with E-state index in [2.05, 4.69) is 4.90 Å². The molecule has 0 bridgehead atoms. The van der Waals surface area contributed by atoms with Crippen molar-refractivity contribution in [1.29, 1.82) is 0 Å². The first-order chi connectivity index (χ1) is 11.1. The number of carbonyl (C=O) groups excluding carboxylic acids is 2. The van der Waals surface area contributed by atoms with Gasteiger partial charge in [-0.2, -0.15) is 0 Å². The lowest BCUT2D eigenvalue weighted by Crippen LogP contribution is -2.44. The molecule has 2 aliphatic heterocycles. The molecule has 6 heteroatoms. The first kappa shape index (κ1) is 15.8. The number of ether oxygens (including phenoxy) is 2. The van der Waals surface area contributed by atoms with Gasteiger partial charge >= 0.3 is 0 Å². The minimum atomic E-state index is -0.333. The van der Waals surface area contributed by atoms with E-state index in [0.29, 0.717) is 17.2 Å². The summed E-state index contributed by atoms with van der Waals surface area (Å²) in [4.78, 5) is 28.6. The van der Waals surface area contributed by atoms with E-state index < -0.39 is 0 Å². The largest absolute Gasteiger partial charge is 0.497 e. The van der Waals surface area contributed by atoms with Crippen LogP contribution in [0.4, 0.5) is 5.69 Å². The molecular weight excluding hydrogens is 296 g/mol. The molecule has 23 heavy (non-hydrogen) atoms. The number of nitrogens with zero attached hydrogens (tertiary/aromatic N) is 2. The predicted octanol–water partition coefficient (Wildman–Crippen LogP) is 1.82. The second kappa shape index (κ2) is 6.58. The van der Waals surface area contributed by atoms with Crippen LogP contribution in [0.5, 0.6) is 11.5 Å². The topological polar surface area (TPSA) is 59.1 Å². The fraction of sp³-hybridized carbons (Fsp3) is 0.529. The van der Waals surface area contributed by atoms with Crippen LogP contribution in [0.25, 0.3) is 0 Å². The van der Waals surface area contributed by atoms with Crippen molar-refractivity contribution in [2.24, 2.45) is 0 Å². The number of anilines is 1. The maximum absolute atomic E-state index is 12.8. The van der Waals surface area contributed by atoms with Gasteiger partial charge in [-0.15, -0.1) is 0 Å². The van der Waals surface area contributed by atoms with Crippen molar-refractivity contribution < 1.29 is 19.1 Å². The van der Waals surface area contributed by atoms with Crippen molar-refractivity contribution in [3.8, 4) is 11.5 Å². The van der Waals surface area contributed by atoms with Crippen molar-refractivity contribution in [3.05, 3.63) is 18.2 Å². The number of carbonyl (C=O) groups is 2. The summed E-state index contributed by atoms with van der Waals surface area (Å²) >= 11 is 0. The quantitative estimate of drug-likeness (QED) is 0.793. The number of hydrogen-bond donors (Lipinski definition) is 0. The van der Waals surface area contributed by atoms with E-state index in [4.69, 9.17) is 9.47 Å². The normalized spacial score (nSPS) is 22.5. The van der Waals surface area contributed by atoms with E-state index in [0.717, 1.165) is 25.9 Å². The second-order valence-corrected chi connectivity index (χ2v) is 5.95. The van der Waals surface area contributed by atoms with E-state index in [9.17, 15) is 9.59 Å².